The Morgan fingerprint density at radius 3 is 2.64 bits per heavy atom. The van der Waals surface area contributed by atoms with Crippen LogP contribution in [0.2, 0.25) is 0 Å². The third kappa shape index (κ3) is 2.97. The van der Waals surface area contributed by atoms with E-state index in [1.807, 2.05) is 0 Å². The highest BCUT2D eigenvalue weighted by Gasteiger charge is 2.28. The van der Waals surface area contributed by atoms with Gasteiger partial charge in [-0.15, -0.1) is 0 Å². The van der Waals surface area contributed by atoms with Gasteiger partial charge in [0.2, 0.25) is 0 Å². The predicted octanol–water partition coefficient (Wildman–Crippen LogP) is -0.0988. The van der Waals surface area contributed by atoms with Gasteiger partial charge in [-0.1, -0.05) is 0 Å². The lowest BCUT2D eigenvalue weighted by Gasteiger charge is -2.33. The Morgan fingerprint density at radius 2 is 1.95 bits per heavy atom. The minimum absolute atomic E-state index is 0.0556. The average Bonchev–Trinajstić information content (AvgIpc) is 2.50. The van der Waals surface area contributed by atoms with E-state index in [4.69, 9.17) is 4.74 Å². The number of nitro groups is 1. The van der Waals surface area contributed by atoms with Gasteiger partial charge in [-0.3, -0.25) is 15.0 Å². The molecule has 0 saturated carbocycles. The number of nitrogens with one attached hydrogen (secondary N) is 2. The number of fused-ring (bicyclic) bond motifs is 1. The minimum Gasteiger partial charge on any atom is -0.379 e. The Morgan fingerprint density at radius 1 is 1.27 bits per heavy atom. The number of morpholine rings is 1. The maximum absolute atomic E-state index is 11.1. The summed E-state index contributed by atoms with van der Waals surface area (Å²) in [5.74, 6) is 0. The zero-order valence-electron chi connectivity index (χ0n) is 11.9. The summed E-state index contributed by atoms with van der Waals surface area (Å²) >= 11 is 0. The summed E-state index contributed by atoms with van der Waals surface area (Å²) in [5.41, 5.74) is 1.63. The van der Waals surface area contributed by atoms with Gasteiger partial charge in [0.1, 0.15) is 0 Å². The normalized spacial score (nSPS) is 25.0. The Kier molecular flexibility index (Phi) is 4.12. The van der Waals surface area contributed by atoms with Crippen molar-refractivity contribution in [3.05, 3.63) is 27.8 Å². The smallest absolute Gasteiger partial charge is 0.271 e. The van der Waals surface area contributed by atoms with E-state index in [1.165, 1.54) is 12.1 Å². The number of anilines is 2. The summed E-state index contributed by atoms with van der Waals surface area (Å²) in [7, 11) is 0. The second kappa shape index (κ2) is 6.05. The average molecular weight is 310 g/mol. The molecule has 0 aliphatic carbocycles. The van der Waals surface area contributed by atoms with E-state index >= 15 is 0 Å². The standard InChI is InChI=1S/C13H18N4O5/c18-12-13(19)15-11-8(7-16-1-3-22-4-2-16)5-9(17(20)21)6-10(11)14-12/h5-6,12-15,18-19H,1-4,7H2. The monoisotopic (exact) mass is 310 g/mol. The molecular weight excluding hydrogens is 292 g/mol. The molecule has 2 heterocycles. The molecule has 0 spiro atoms. The van der Waals surface area contributed by atoms with Crippen LogP contribution in [0, 0.1) is 10.1 Å². The van der Waals surface area contributed by atoms with E-state index < -0.39 is 17.4 Å². The highest BCUT2D eigenvalue weighted by atomic mass is 16.6. The summed E-state index contributed by atoms with van der Waals surface area (Å²) in [5, 5.41) is 36.0. The number of nitrogens with zero attached hydrogens (tertiary/aromatic N) is 2. The van der Waals surface area contributed by atoms with Crippen molar-refractivity contribution in [1.29, 1.82) is 0 Å². The number of nitro benzene ring substituents is 1. The molecule has 3 rings (SSSR count). The van der Waals surface area contributed by atoms with Gasteiger partial charge in [0.05, 0.1) is 29.5 Å². The first-order chi connectivity index (χ1) is 10.5. The number of benzene rings is 1. The molecule has 22 heavy (non-hydrogen) atoms. The lowest BCUT2D eigenvalue weighted by Crippen LogP contribution is -2.43. The molecule has 2 atom stereocenters. The molecule has 2 aliphatic rings. The van der Waals surface area contributed by atoms with E-state index in [9.17, 15) is 20.3 Å². The first kappa shape index (κ1) is 15.0. The molecule has 2 aliphatic heterocycles. The van der Waals surface area contributed by atoms with Crippen LogP contribution in [-0.4, -0.2) is 58.8 Å². The fourth-order valence-electron chi connectivity index (χ4n) is 2.67. The molecule has 9 nitrogen and oxygen atoms in total. The second-order valence-electron chi connectivity index (χ2n) is 5.35. The fraction of sp³-hybridized carbons (Fsp3) is 0.538. The quantitative estimate of drug-likeness (QED) is 0.451. The molecule has 1 saturated heterocycles. The molecule has 1 fully saturated rings. The van der Waals surface area contributed by atoms with E-state index in [1.54, 1.807) is 0 Å². The lowest BCUT2D eigenvalue weighted by molar-refractivity contribution is -0.384. The molecule has 0 radical (unpaired) electrons. The van der Waals surface area contributed by atoms with Crippen molar-refractivity contribution in [3.8, 4) is 0 Å². The number of aliphatic hydroxyl groups is 2. The SMILES string of the molecule is O=[N+]([O-])c1cc(CN2CCOCC2)c2c(c1)NC(O)C(O)N2. The van der Waals surface area contributed by atoms with Crippen molar-refractivity contribution >= 4 is 17.1 Å². The molecular formula is C13H18N4O5. The van der Waals surface area contributed by atoms with Crippen LogP contribution in [0.4, 0.5) is 17.1 Å². The molecule has 1 aromatic rings. The van der Waals surface area contributed by atoms with Gasteiger partial charge in [-0.2, -0.15) is 0 Å². The number of hydrogen-bond acceptors (Lipinski definition) is 8. The van der Waals surface area contributed by atoms with Crippen LogP contribution in [0.1, 0.15) is 5.56 Å². The van der Waals surface area contributed by atoms with E-state index in [0.29, 0.717) is 36.7 Å². The molecule has 9 heteroatoms. The van der Waals surface area contributed by atoms with Crippen LogP contribution in [-0.2, 0) is 11.3 Å². The molecule has 0 bridgehead atoms. The largest absolute Gasteiger partial charge is 0.379 e. The van der Waals surface area contributed by atoms with Crippen LogP contribution in [0.15, 0.2) is 12.1 Å². The number of ether oxygens (including phenoxy) is 1. The van der Waals surface area contributed by atoms with Crippen LogP contribution in [0.25, 0.3) is 0 Å². The van der Waals surface area contributed by atoms with Gasteiger partial charge in [0.25, 0.3) is 5.69 Å². The van der Waals surface area contributed by atoms with Gasteiger partial charge >= 0.3 is 0 Å². The maximum atomic E-state index is 11.1. The van der Waals surface area contributed by atoms with Gasteiger partial charge < -0.3 is 25.6 Å². The molecule has 0 amide bonds. The highest BCUT2D eigenvalue weighted by molar-refractivity contribution is 5.78. The number of hydrogen-bond donors (Lipinski definition) is 4. The maximum Gasteiger partial charge on any atom is 0.271 e. The van der Waals surface area contributed by atoms with Gasteiger partial charge in [-0.25, -0.2) is 0 Å². The molecule has 4 N–H and O–H groups in total. The molecule has 1 aromatic carbocycles. The number of non-ortho nitro benzene ring substituents is 1. The van der Waals surface area contributed by atoms with Crippen LogP contribution >= 0.6 is 0 Å². The third-order valence-corrected chi connectivity index (χ3v) is 3.81. The highest BCUT2D eigenvalue weighted by Crippen LogP contribution is 2.36. The topological polar surface area (TPSA) is 120 Å². The molecule has 120 valence electrons. The van der Waals surface area contributed by atoms with Crippen molar-refractivity contribution in [2.24, 2.45) is 0 Å². The first-order valence-corrected chi connectivity index (χ1v) is 7.05. The van der Waals surface area contributed by atoms with Crippen molar-refractivity contribution in [2.45, 2.75) is 19.0 Å². The molecule has 2 unspecified atom stereocenters. The van der Waals surface area contributed by atoms with Crippen LogP contribution in [0.3, 0.4) is 0 Å². The van der Waals surface area contributed by atoms with E-state index in [0.717, 1.165) is 13.1 Å². The Hall–Kier alpha value is -1.94. The Balaban J connectivity index is 1.94. The van der Waals surface area contributed by atoms with Crippen molar-refractivity contribution < 1.29 is 19.9 Å². The fourth-order valence-corrected chi connectivity index (χ4v) is 2.67. The van der Waals surface area contributed by atoms with Crippen molar-refractivity contribution in [3.63, 3.8) is 0 Å². The van der Waals surface area contributed by atoms with E-state index in [-0.39, 0.29) is 5.69 Å². The zero-order chi connectivity index (χ0) is 15.7. The number of rotatable bonds is 3. The predicted molar refractivity (Wildman–Crippen MR) is 78.5 cm³/mol. The Labute approximate surface area is 126 Å². The van der Waals surface area contributed by atoms with Crippen LogP contribution in [0.5, 0.6) is 0 Å². The van der Waals surface area contributed by atoms with Gasteiger partial charge in [-0.05, 0) is 5.56 Å². The van der Waals surface area contributed by atoms with Crippen LogP contribution < -0.4 is 10.6 Å². The minimum atomic E-state index is -1.22. The van der Waals surface area contributed by atoms with E-state index in [2.05, 4.69) is 15.5 Å². The van der Waals surface area contributed by atoms with Crippen molar-refractivity contribution in [2.75, 3.05) is 36.9 Å². The summed E-state index contributed by atoms with van der Waals surface area (Å²) in [6.07, 6.45) is -2.39. The molecule has 0 aromatic heterocycles. The summed E-state index contributed by atoms with van der Waals surface area (Å²) in [4.78, 5) is 12.7. The number of aliphatic hydroxyl groups excluding tert-OH is 2. The lowest BCUT2D eigenvalue weighted by atomic mass is 10.1. The summed E-state index contributed by atoms with van der Waals surface area (Å²) in [6, 6.07) is 2.84. The summed E-state index contributed by atoms with van der Waals surface area (Å²) in [6.45, 7) is 3.26. The summed E-state index contributed by atoms with van der Waals surface area (Å²) < 4.78 is 5.29. The second-order valence-corrected chi connectivity index (χ2v) is 5.35. The Bertz CT molecular complexity index is 576. The zero-order valence-corrected chi connectivity index (χ0v) is 11.9. The van der Waals surface area contributed by atoms with Crippen molar-refractivity contribution in [1.82, 2.24) is 4.90 Å². The van der Waals surface area contributed by atoms with Gasteiger partial charge in [0, 0.05) is 31.8 Å². The third-order valence-electron chi connectivity index (χ3n) is 3.81. The van der Waals surface area contributed by atoms with Gasteiger partial charge in [0.15, 0.2) is 12.5 Å². The first-order valence-electron chi connectivity index (χ1n) is 7.05.